The maximum atomic E-state index is 11.5. The number of carbonyl (C=O) groups excluding carboxylic acids is 1. The van der Waals surface area contributed by atoms with E-state index in [1.54, 1.807) is 6.92 Å². The Morgan fingerprint density at radius 1 is 1.67 bits per heavy atom. The minimum Gasteiger partial charge on any atom is -0.461 e. The highest BCUT2D eigenvalue weighted by Crippen LogP contribution is 2.35. The van der Waals surface area contributed by atoms with Gasteiger partial charge >= 0.3 is 5.97 Å². The Morgan fingerprint density at radius 3 is 3.07 bits per heavy atom. The van der Waals surface area contributed by atoms with Crippen molar-refractivity contribution in [3.8, 4) is 0 Å². The van der Waals surface area contributed by atoms with Crippen molar-refractivity contribution < 1.29 is 14.3 Å². The molecule has 1 aliphatic heterocycles. The standard InChI is InChI=1S/C10H14N2O3/c1-4-14-9(13)7-6-5-15-10(2,3)8(6)12-11-7/h4-5H2,1-3H3,(H,11,12). The van der Waals surface area contributed by atoms with Crippen LogP contribution in [0.5, 0.6) is 0 Å². The van der Waals surface area contributed by atoms with Crippen molar-refractivity contribution in [1.82, 2.24) is 10.2 Å². The number of rotatable bonds is 2. The van der Waals surface area contributed by atoms with Crippen molar-refractivity contribution in [2.24, 2.45) is 0 Å². The molecule has 0 radical (unpaired) electrons. The molecule has 1 aromatic rings. The summed E-state index contributed by atoms with van der Waals surface area (Å²) in [6, 6.07) is 0. The molecule has 2 heterocycles. The van der Waals surface area contributed by atoms with Crippen molar-refractivity contribution in [2.75, 3.05) is 6.61 Å². The van der Waals surface area contributed by atoms with Crippen LogP contribution in [0.25, 0.3) is 0 Å². The number of aromatic nitrogens is 2. The first kappa shape index (κ1) is 10.2. The highest BCUT2D eigenvalue weighted by Gasteiger charge is 2.37. The second-order valence-electron chi connectivity index (χ2n) is 3.95. The average molecular weight is 210 g/mol. The topological polar surface area (TPSA) is 64.2 Å². The van der Waals surface area contributed by atoms with Crippen molar-refractivity contribution in [1.29, 1.82) is 0 Å². The van der Waals surface area contributed by atoms with Crippen LogP contribution >= 0.6 is 0 Å². The summed E-state index contributed by atoms with van der Waals surface area (Å²) < 4.78 is 10.4. The number of ether oxygens (including phenoxy) is 2. The van der Waals surface area contributed by atoms with Gasteiger partial charge in [0.2, 0.25) is 0 Å². The van der Waals surface area contributed by atoms with E-state index in [-0.39, 0.29) is 0 Å². The molecule has 82 valence electrons. The molecule has 5 nitrogen and oxygen atoms in total. The van der Waals surface area contributed by atoms with Gasteiger partial charge in [-0.05, 0) is 20.8 Å². The molecular formula is C10H14N2O3. The normalized spacial score (nSPS) is 17.5. The fourth-order valence-corrected chi connectivity index (χ4v) is 1.70. The SMILES string of the molecule is CCOC(=O)c1n[nH]c2c1COC2(C)C. The summed E-state index contributed by atoms with van der Waals surface area (Å²) in [5.74, 6) is -0.392. The Morgan fingerprint density at radius 2 is 2.40 bits per heavy atom. The number of hydrogen-bond acceptors (Lipinski definition) is 4. The highest BCUT2D eigenvalue weighted by molar-refractivity contribution is 5.89. The predicted octanol–water partition coefficient (Wildman–Crippen LogP) is 1.35. The van der Waals surface area contributed by atoms with Crippen LogP contribution < -0.4 is 0 Å². The summed E-state index contributed by atoms with van der Waals surface area (Å²) in [6.45, 7) is 6.40. The molecule has 0 aromatic carbocycles. The first-order chi connectivity index (χ1) is 7.06. The van der Waals surface area contributed by atoms with Crippen LogP contribution in [0.3, 0.4) is 0 Å². The molecule has 0 spiro atoms. The fraction of sp³-hybridized carbons (Fsp3) is 0.600. The average Bonchev–Trinajstić information content (AvgIpc) is 2.69. The number of fused-ring (bicyclic) bond motifs is 1. The lowest BCUT2D eigenvalue weighted by Crippen LogP contribution is -2.15. The van der Waals surface area contributed by atoms with E-state index in [4.69, 9.17) is 9.47 Å². The number of nitrogens with zero attached hydrogens (tertiary/aromatic N) is 1. The summed E-state index contributed by atoms with van der Waals surface area (Å²) in [7, 11) is 0. The fourth-order valence-electron chi connectivity index (χ4n) is 1.70. The van der Waals surface area contributed by atoms with E-state index in [1.165, 1.54) is 0 Å². The van der Waals surface area contributed by atoms with Gasteiger partial charge in [0.05, 0.1) is 18.9 Å². The van der Waals surface area contributed by atoms with E-state index in [9.17, 15) is 4.79 Å². The minimum absolute atomic E-state index is 0.345. The molecule has 5 heteroatoms. The quantitative estimate of drug-likeness (QED) is 0.748. The van der Waals surface area contributed by atoms with Crippen LogP contribution in [0.1, 0.15) is 42.5 Å². The Labute approximate surface area is 87.8 Å². The van der Waals surface area contributed by atoms with E-state index >= 15 is 0 Å². The molecule has 0 amide bonds. The van der Waals surface area contributed by atoms with Crippen LogP contribution in [0, 0.1) is 0 Å². The summed E-state index contributed by atoms with van der Waals surface area (Å²) in [6.07, 6.45) is 0. The second kappa shape index (κ2) is 3.34. The molecule has 1 aromatic heterocycles. The molecule has 0 bridgehead atoms. The lowest BCUT2D eigenvalue weighted by Gasteiger charge is -2.15. The van der Waals surface area contributed by atoms with Gasteiger partial charge in [-0.15, -0.1) is 0 Å². The zero-order valence-electron chi connectivity index (χ0n) is 9.09. The van der Waals surface area contributed by atoms with E-state index in [0.717, 1.165) is 11.3 Å². The number of nitrogens with one attached hydrogen (secondary N) is 1. The molecule has 15 heavy (non-hydrogen) atoms. The zero-order chi connectivity index (χ0) is 11.1. The third-order valence-electron chi connectivity index (χ3n) is 2.52. The molecule has 1 N–H and O–H groups in total. The third kappa shape index (κ3) is 1.52. The Bertz CT molecular complexity index is 395. The summed E-state index contributed by atoms with van der Waals surface area (Å²) in [5.41, 5.74) is 1.63. The zero-order valence-corrected chi connectivity index (χ0v) is 9.09. The molecule has 0 saturated heterocycles. The van der Waals surface area contributed by atoms with Crippen molar-refractivity contribution >= 4 is 5.97 Å². The molecule has 0 saturated carbocycles. The first-order valence-corrected chi connectivity index (χ1v) is 4.95. The molecule has 2 rings (SSSR count). The van der Waals surface area contributed by atoms with Gasteiger partial charge in [-0.25, -0.2) is 4.79 Å². The van der Waals surface area contributed by atoms with E-state index in [1.807, 2.05) is 13.8 Å². The largest absolute Gasteiger partial charge is 0.461 e. The molecule has 0 atom stereocenters. The van der Waals surface area contributed by atoms with Crippen LogP contribution in [0.4, 0.5) is 0 Å². The number of aromatic amines is 1. The van der Waals surface area contributed by atoms with Crippen LogP contribution in [0.15, 0.2) is 0 Å². The number of hydrogen-bond donors (Lipinski definition) is 1. The summed E-state index contributed by atoms with van der Waals surface area (Å²) in [5, 5.41) is 6.81. The summed E-state index contributed by atoms with van der Waals surface area (Å²) in [4.78, 5) is 11.5. The van der Waals surface area contributed by atoms with Crippen molar-refractivity contribution in [2.45, 2.75) is 33.0 Å². The van der Waals surface area contributed by atoms with E-state index < -0.39 is 11.6 Å². The van der Waals surface area contributed by atoms with Gasteiger partial charge in [-0.3, -0.25) is 5.10 Å². The second-order valence-corrected chi connectivity index (χ2v) is 3.95. The highest BCUT2D eigenvalue weighted by atomic mass is 16.5. The number of H-pyrrole nitrogens is 1. The van der Waals surface area contributed by atoms with Gasteiger partial charge in [0, 0.05) is 5.56 Å². The molecule has 0 aliphatic carbocycles. The van der Waals surface area contributed by atoms with Gasteiger partial charge in [-0.2, -0.15) is 5.10 Å². The lowest BCUT2D eigenvalue weighted by molar-refractivity contribution is -0.0117. The van der Waals surface area contributed by atoms with Gasteiger partial charge in [0.1, 0.15) is 5.60 Å². The van der Waals surface area contributed by atoms with Gasteiger partial charge in [0.15, 0.2) is 5.69 Å². The van der Waals surface area contributed by atoms with Crippen molar-refractivity contribution in [3.63, 3.8) is 0 Å². The van der Waals surface area contributed by atoms with E-state index in [2.05, 4.69) is 10.2 Å². The monoisotopic (exact) mass is 210 g/mol. The molecule has 1 aliphatic rings. The van der Waals surface area contributed by atoms with Gasteiger partial charge in [0.25, 0.3) is 0 Å². The summed E-state index contributed by atoms with van der Waals surface area (Å²) >= 11 is 0. The number of esters is 1. The lowest BCUT2D eigenvalue weighted by atomic mass is 10.0. The van der Waals surface area contributed by atoms with Gasteiger partial charge in [-0.1, -0.05) is 0 Å². The smallest absolute Gasteiger partial charge is 0.359 e. The van der Waals surface area contributed by atoms with Gasteiger partial charge < -0.3 is 9.47 Å². The van der Waals surface area contributed by atoms with Crippen LogP contribution in [-0.4, -0.2) is 22.8 Å². The number of carbonyl (C=O) groups is 1. The van der Waals surface area contributed by atoms with Crippen LogP contribution in [-0.2, 0) is 21.7 Å². The molecular weight excluding hydrogens is 196 g/mol. The maximum Gasteiger partial charge on any atom is 0.359 e. The maximum absolute atomic E-state index is 11.5. The Balaban J connectivity index is 2.34. The van der Waals surface area contributed by atoms with Crippen molar-refractivity contribution in [3.05, 3.63) is 17.0 Å². The first-order valence-electron chi connectivity index (χ1n) is 4.95. The Hall–Kier alpha value is -1.36. The minimum atomic E-state index is -0.396. The predicted molar refractivity (Wildman–Crippen MR) is 52.4 cm³/mol. The molecule has 0 fully saturated rings. The van der Waals surface area contributed by atoms with Crippen LogP contribution in [0.2, 0.25) is 0 Å². The van der Waals surface area contributed by atoms with E-state index in [0.29, 0.717) is 18.9 Å². The molecule has 0 unspecified atom stereocenters. The Kier molecular flexibility index (Phi) is 2.26. The third-order valence-corrected chi connectivity index (χ3v) is 2.52.